The Morgan fingerprint density at radius 2 is 2.00 bits per heavy atom. The molecule has 5 nitrogen and oxygen atoms in total. The van der Waals surface area contributed by atoms with Gasteiger partial charge in [0, 0.05) is 18.6 Å². The lowest BCUT2D eigenvalue weighted by molar-refractivity contribution is -0.130. The first-order valence-electron chi connectivity index (χ1n) is 5.23. The highest BCUT2D eigenvalue weighted by molar-refractivity contribution is 9.10. The number of likely N-dealkylation sites (N-methyl/N-ethyl adjacent to an activating group) is 1. The molecule has 1 rings (SSSR count). The fraction of sp³-hybridized carbons (Fsp3) is 0.364. The molecule has 1 aromatic rings. The molecular formula is C11H15BrN2O3S. The summed E-state index contributed by atoms with van der Waals surface area (Å²) < 4.78 is 27.0. The molecule has 0 fully saturated rings. The van der Waals surface area contributed by atoms with Crippen molar-refractivity contribution in [3.8, 4) is 0 Å². The van der Waals surface area contributed by atoms with Crippen LogP contribution < -0.4 is 4.72 Å². The van der Waals surface area contributed by atoms with E-state index >= 15 is 0 Å². The summed E-state index contributed by atoms with van der Waals surface area (Å²) >= 11 is 3.21. The largest absolute Gasteiger partial charge is 0.347 e. The van der Waals surface area contributed by atoms with Gasteiger partial charge >= 0.3 is 0 Å². The molecule has 0 saturated carbocycles. The first kappa shape index (κ1) is 15.1. The highest BCUT2D eigenvalue weighted by Gasteiger charge is 2.22. The number of carbonyl (C=O) groups excluding carboxylic acids is 1. The van der Waals surface area contributed by atoms with Crippen LogP contribution in [0.15, 0.2) is 33.6 Å². The van der Waals surface area contributed by atoms with Crippen LogP contribution in [0.2, 0.25) is 0 Å². The maximum absolute atomic E-state index is 12.0. The van der Waals surface area contributed by atoms with Gasteiger partial charge in [0.05, 0.1) is 10.9 Å². The molecule has 7 heteroatoms. The van der Waals surface area contributed by atoms with Gasteiger partial charge in [-0.2, -0.15) is 4.72 Å². The molecule has 0 aliphatic rings. The molecule has 1 unspecified atom stereocenters. The second-order valence-electron chi connectivity index (χ2n) is 4.03. The molecule has 1 N–H and O–H groups in total. The molecule has 0 aliphatic carbocycles. The van der Waals surface area contributed by atoms with E-state index in [1.54, 1.807) is 26.2 Å². The number of sulfonamides is 1. The fourth-order valence-corrected chi connectivity index (χ4v) is 3.17. The fourth-order valence-electron chi connectivity index (χ4n) is 1.37. The molecular weight excluding hydrogens is 320 g/mol. The van der Waals surface area contributed by atoms with Gasteiger partial charge in [0.1, 0.15) is 0 Å². The van der Waals surface area contributed by atoms with Crippen LogP contribution in [0.5, 0.6) is 0 Å². The van der Waals surface area contributed by atoms with E-state index in [1.807, 2.05) is 0 Å². The topological polar surface area (TPSA) is 66.5 Å². The second kappa shape index (κ2) is 5.81. The van der Waals surface area contributed by atoms with Crippen molar-refractivity contribution in [3.63, 3.8) is 0 Å². The first-order chi connectivity index (χ1) is 8.24. The van der Waals surface area contributed by atoms with E-state index in [1.165, 1.54) is 24.0 Å². The van der Waals surface area contributed by atoms with Gasteiger partial charge in [-0.25, -0.2) is 8.42 Å². The van der Waals surface area contributed by atoms with Crippen LogP contribution in [0.4, 0.5) is 0 Å². The summed E-state index contributed by atoms with van der Waals surface area (Å²) in [5.41, 5.74) is 0. The van der Waals surface area contributed by atoms with Crippen LogP contribution in [0.1, 0.15) is 6.92 Å². The van der Waals surface area contributed by atoms with Crippen LogP contribution in [0.3, 0.4) is 0 Å². The summed E-state index contributed by atoms with van der Waals surface area (Å²) in [6.07, 6.45) is 0. The molecule has 1 amide bonds. The van der Waals surface area contributed by atoms with Crippen molar-refractivity contribution in [1.29, 1.82) is 0 Å². The SMILES string of the molecule is CC(NS(=O)(=O)c1cccc(Br)c1)C(=O)N(C)C. The molecule has 0 saturated heterocycles. The van der Waals surface area contributed by atoms with E-state index in [0.29, 0.717) is 4.47 Å². The van der Waals surface area contributed by atoms with E-state index in [-0.39, 0.29) is 10.8 Å². The quantitative estimate of drug-likeness (QED) is 0.899. The minimum atomic E-state index is -3.69. The van der Waals surface area contributed by atoms with Crippen molar-refractivity contribution < 1.29 is 13.2 Å². The Labute approximate surface area is 115 Å². The molecule has 18 heavy (non-hydrogen) atoms. The average molecular weight is 335 g/mol. The maximum atomic E-state index is 12.0. The second-order valence-corrected chi connectivity index (χ2v) is 6.66. The van der Waals surface area contributed by atoms with Gasteiger partial charge < -0.3 is 4.90 Å². The number of carbonyl (C=O) groups is 1. The predicted molar refractivity (Wildman–Crippen MR) is 72.6 cm³/mol. The van der Waals surface area contributed by atoms with E-state index in [9.17, 15) is 13.2 Å². The van der Waals surface area contributed by atoms with E-state index < -0.39 is 16.1 Å². The summed E-state index contributed by atoms with van der Waals surface area (Å²) in [5, 5.41) is 0. The van der Waals surface area contributed by atoms with Gasteiger partial charge in [-0.3, -0.25) is 4.79 Å². The molecule has 0 heterocycles. The molecule has 1 aromatic carbocycles. The van der Waals surface area contributed by atoms with Gasteiger partial charge in [0.15, 0.2) is 0 Å². The van der Waals surface area contributed by atoms with E-state index in [4.69, 9.17) is 0 Å². The van der Waals surface area contributed by atoms with Crippen molar-refractivity contribution >= 4 is 31.9 Å². The smallest absolute Gasteiger partial charge is 0.241 e. The molecule has 1 atom stereocenters. The number of hydrogen-bond donors (Lipinski definition) is 1. The number of hydrogen-bond acceptors (Lipinski definition) is 3. The van der Waals surface area contributed by atoms with Crippen molar-refractivity contribution in [2.24, 2.45) is 0 Å². The van der Waals surface area contributed by atoms with E-state index in [2.05, 4.69) is 20.7 Å². The third-order valence-corrected chi connectivity index (χ3v) is 4.28. The summed E-state index contributed by atoms with van der Waals surface area (Å²) in [4.78, 5) is 13.1. The Bertz CT molecular complexity index is 543. The molecule has 0 radical (unpaired) electrons. The number of rotatable bonds is 4. The number of halogens is 1. The third kappa shape index (κ3) is 3.79. The minimum Gasteiger partial charge on any atom is -0.347 e. The van der Waals surface area contributed by atoms with E-state index in [0.717, 1.165) is 0 Å². The minimum absolute atomic E-state index is 0.121. The first-order valence-corrected chi connectivity index (χ1v) is 7.50. The van der Waals surface area contributed by atoms with Crippen LogP contribution in [-0.4, -0.2) is 39.4 Å². The van der Waals surface area contributed by atoms with Crippen molar-refractivity contribution in [2.75, 3.05) is 14.1 Å². The summed E-state index contributed by atoms with van der Waals surface area (Å²) in [7, 11) is -0.537. The summed E-state index contributed by atoms with van der Waals surface area (Å²) in [6.45, 7) is 1.51. The van der Waals surface area contributed by atoms with Gasteiger partial charge in [0.2, 0.25) is 15.9 Å². The van der Waals surface area contributed by atoms with Crippen LogP contribution in [-0.2, 0) is 14.8 Å². The molecule has 100 valence electrons. The molecule has 0 aliphatic heterocycles. The van der Waals surface area contributed by atoms with Crippen molar-refractivity contribution in [3.05, 3.63) is 28.7 Å². The van der Waals surface area contributed by atoms with Gasteiger partial charge in [0.25, 0.3) is 0 Å². The highest BCUT2D eigenvalue weighted by Crippen LogP contribution is 2.16. The van der Waals surface area contributed by atoms with Crippen LogP contribution >= 0.6 is 15.9 Å². The zero-order chi connectivity index (χ0) is 13.9. The number of amides is 1. The summed E-state index contributed by atoms with van der Waals surface area (Å²) in [6, 6.07) is 5.50. The number of nitrogens with one attached hydrogen (secondary N) is 1. The average Bonchev–Trinajstić information content (AvgIpc) is 2.27. The zero-order valence-electron chi connectivity index (χ0n) is 10.3. The van der Waals surface area contributed by atoms with Crippen LogP contribution in [0.25, 0.3) is 0 Å². The highest BCUT2D eigenvalue weighted by atomic mass is 79.9. The molecule has 0 bridgehead atoms. The van der Waals surface area contributed by atoms with Gasteiger partial charge in [-0.1, -0.05) is 22.0 Å². The van der Waals surface area contributed by atoms with Crippen molar-refractivity contribution in [2.45, 2.75) is 17.9 Å². The number of nitrogens with zero attached hydrogens (tertiary/aromatic N) is 1. The Balaban J connectivity index is 2.93. The van der Waals surface area contributed by atoms with Gasteiger partial charge in [-0.05, 0) is 25.1 Å². The standard InChI is InChI=1S/C11H15BrN2O3S/c1-8(11(15)14(2)3)13-18(16,17)10-6-4-5-9(12)7-10/h4-8,13H,1-3H3. The Kier molecular flexibility index (Phi) is 4.89. The Hall–Kier alpha value is -0.920. The maximum Gasteiger partial charge on any atom is 0.241 e. The summed E-state index contributed by atoms with van der Waals surface area (Å²) in [5.74, 6) is -0.298. The van der Waals surface area contributed by atoms with Gasteiger partial charge in [-0.15, -0.1) is 0 Å². The zero-order valence-corrected chi connectivity index (χ0v) is 12.7. The lowest BCUT2D eigenvalue weighted by Gasteiger charge is -2.18. The lowest BCUT2D eigenvalue weighted by atomic mass is 10.3. The van der Waals surface area contributed by atoms with Crippen LogP contribution in [0, 0.1) is 0 Å². The van der Waals surface area contributed by atoms with Crippen molar-refractivity contribution in [1.82, 2.24) is 9.62 Å². The molecule has 0 spiro atoms. The molecule has 0 aromatic heterocycles. The number of benzene rings is 1. The monoisotopic (exact) mass is 334 g/mol. The lowest BCUT2D eigenvalue weighted by Crippen LogP contribution is -2.44. The Morgan fingerprint density at radius 3 is 2.50 bits per heavy atom. The Morgan fingerprint density at radius 1 is 1.39 bits per heavy atom. The third-order valence-electron chi connectivity index (χ3n) is 2.25. The predicted octanol–water partition coefficient (Wildman–Crippen LogP) is 1.20. The normalized spacial score (nSPS) is 13.1.